The van der Waals surface area contributed by atoms with Crippen LogP contribution in [0.5, 0.6) is 0 Å². The average molecular weight is 337 g/mol. The topological polar surface area (TPSA) is 109 Å². The number of rotatable bonds is 4. The molecule has 1 saturated heterocycles. The summed E-state index contributed by atoms with van der Waals surface area (Å²) in [6, 6.07) is 15.2. The van der Waals surface area contributed by atoms with Crippen LogP contribution in [-0.2, 0) is 4.79 Å². The quantitative estimate of drug-likeness (QED) is 0.506. The first-order valence-electron chi connectivity index (χ1n) is 7.58. The van der Waals surface area contributed by atoms with Gasteiger partial charge in [-0.3, -0.25) is 20.2 Å². The number of hydrogen-bond acceptors (Lipinski definition) is 5. The van der Waals surface area contributed by atoms with Gasteiger partial charge in [0.15, 0.2) is 0 Å². The van der Waals surface area contributed by atoms with E-state index in [-0.39, 0.29) is 30.0 Å². The number of nitrogens with one attached hydrogen (secondary N) is 2. The first-order chi connectivity index (χ1) is 12.1. The van der Waals surface area contributed by atoms with E-state index in [9.17, 15) is 14.9 Å². The summed E-state index contributed by atoms with van der Waals surface area (Å²) in [5, 5.41) is 24.3. The van der Waals surface area contributed by atoms with E-state index < -0.39 is 4.92 Å². The van der Waals surface area contributed by atoms with Crippen LogP contribution < -0.4 is 10.6 Å². The molecule has 0 aromatic heterocycles. The fraction of sp³-hybridized carbons (Fsp3) is 0.118. The Morgan fingerprint density at radius 1 is 1.12 bits per heavy atom. The molecule has 1 atom stereocenters. The van der Waals surface area contributed by atoms with Crippen molar-refractivity contribution < 1.29 is 9.72 Å². The Kier molecular flexibility index (Phi) is 4.79. The molecule has 0 radical (unpaired) electrons. The maximum Gasteiger partial charge on any atom is 0.269 e. The van der Waals surface area contributed by atoms with Gasteiger partial charge >= 0.3 is 0 Å². The molecular weight excluding hydrogens is 322 g/mol. The number of nitrogens with zero attached hydrogens (tertiary/aromatic N) is 3. The second-order valence-electron chi connectivity index (χ2n) is 5.40. The van der Waals surface area contributed by atoms with E-state index in [2.05, 4.69) is 20.8 Å². The summed E-state index contributed by atoms with van der Waals surface area (Å²) in [5.41, 5.74) is 1.66. The summed E-state index contributed by atoms with van der Waals surface area (Å²) in [6.07, 6.45) is 1.79. The molecule has 8 heteroatoms. The molecule has 0 saturated carbocycles. The summed E-state index contributed by atoms with van der Waals surface area (Å²) >= 11 is 0. The molecule has 0 bridgehead atoms. The van der Waals surface area contributed by atoms with E-state index >= 15 is 0 Å². The van der Waals surface area contributed by atoms with Crippen molar-refractivity contribution in [2.24, 2.45) is 10.2 Å². The van der Waals surface area contributed by atoms with Crippen LogP contribution in [0.25, 0.3) is 0 Å². The van der Waals surface area contributed by atoms with Crippen molar-refractivity contribution in [2.45, 2.75) is 12.5 Å². The molecule has 126 valence electrons. The van der Waals surface area contributed by atoms with Gasteiger partial charge in [0.1, 0.15) is 0 Å². The normalized spacial score (nSPS) is 18.8. The predicted octanol–water partition coefficient (Wildman–Crippen LogP) is 2.14. The van der Waals surface area contributed by atoms with Crippen LogP contribution in [-0.4, -0.2) is 23.0 Å². The highest BCUT2D eigenvalue weighted by molar-refractivity contribution is 6.00. The summed E-state index contributed by atoms with van der Waals surface area (Å²) in [6.45, 7) is 0. The monoisotopic (exact) mass is 337 g/mol. The smallest absolute Gasteiger partial charge is 0.269 e. The first kappa shape index (κ1) is 16.3. The fourth-order valence-corrected chi connectivity index (χ4v) is 2.40. The van der Waals surface area contributed by atoms with Crippen molar-refractivity contribution in [3.8, 4) is 0 Å². The lowest BCUT2D eigenvalue weighted by molar-refractivity contribution is -0.384. The Hall–Kier alpha value is -3.55. The number of carbonyl (C=O) groups is 1. The van der Waals surface area contributed by atoms with Gasteiger partial charge in [0.05, 0.1) is 23.6 Å². The lowest BCUT2D eigenvalue weighted by Crippen LogP contribution is -2.49. The standard InChI is InChI=1S/C17H15N5O3/c23-16-10-15(13-6-8-14(9-7-13)22(24)25)19-17(20-16)21-18-11-12-4-2-1-3-5-12/h1-9,11,15H,10H2,(H2,19,20,21,23). The molecule has 2 aromatic carbocycles. The fourth-order valence-electron chi connectivity index (χ4n) is 2.40. The van der Waals surface area contributed by atoms with Crippen LogP contribution in [0, 0.1) is 10.1 Å². The predicted molar refractivity (Wildman–Crippen MR) is 93.2 cm³/mol. The number of nitro groups is 1. The summed E-state index contributed by atoms with van der Waals surface area (Å²) in [5.74, 6) is 0.0440. The minimum atomic E-state index is -0.462. The maximum atomic E-state index is 11.9. The van der Waals surface area contributed by atoms with Gasteiger partial charge in [0.25, 0.3) is 5.69 Å². The van der Waals surface area contributed by atoms with E-state index in [4.69, 9.17) is 0 Å². The lowest BCUT2D eigenvalue weighted by Gasteiger charge is -2.25. The number of non-ortho nitro benzene ring substituents is 1. The molecule has 3 rings (SSSR count). The van der Waals surface area contributed by atoms with Gasteiger partial charge in [-0.05, 0) is 11.1 Å². The molecule has 0 spiro atoms. The minimum Gasteiger partial charge on any atom is -0.347 e. The van der Waals surface area contributed by atoms with E-state index in [0.717, 1.165) is 11.1 Å². The molecule has 2 aromatic rings. The number of carbonyl (C=O) groups excluding carboxylic acids is 1. The maximum absolute atomic E-state index is 11.9. The van der Waals surface area contributed by atoms with Crippen molar-refractivity contribution in [1.29, 1.82) is 0 Å². The second kappa shape index (κ2) is 7.35. The Bertz CT molecular complexity index is 831. The molecule has 1 aliphatic heterocycles. The van der Waals surface area contributed by atoms with Gasteiger partial charge < -0.3 is 5.32 Å². The Morgan fingerprint density at radius 3 is 2.52 bits per heavy atom. The number of hydrogen-bond donors (Lipinski definition) is 2. The van der Waals surface area contributed by atoms with Gasteiger partial charge in [-0.2, -0.15) is 5.10 Å². The van der Waals surface area contributed by atoms with Crippen LogP contribution in [0.4, 0.5) is 5.69 Å². The van der Waals surface area contributed by atoms with E-state index in [1.54, 1.807) is 18.3 Å². The van der Waals surface area contributed by atoms with Gasteiger partial charge in [0.2, 0.25) is 11.9 Å². The third kappa shape index (κ3) is 4.25. The number of guanidine groups is 1. The lowest BCUT2D eigenvalue weighted by atomic mass is 10.0. The number of amides is 1. The number of benzene rings is 2. The van der Waals surface area contributed by atoms with Crippen LogP contribution >= 0.6 is 0 Å². The summed E-state index contributed by atoms with van der Waals surface area (Å²) in [7, 11) is 0. The van der Waals surface area contributed by atoms with Gasteiger partial charge in [-0.25, -0.2) is 0 Å². The third-order valence-electron chi connectivity index (χ3n) is 3.63. The van der Waals surface area contributed by atoms with E-state index in [0.29, 0.717) is 0 Å². The SMILES string of the molecule is O=C1CC(c2ccc([N+](=O)[O-])cc2)NC(=NN=Cc2ccccc2)N1. The summed E-state index contributed by atoms with van der Waals surface area (Å²) < 4.78 is 0. The Balaban J connectivity index is 1.72. The second-order valence-corrected chi connectivity index (χ2v) is 5.40. The molecule has 1 aliphatic rings. The molecule has 25 heavy (non-hydrogen) atoms. The zero-order valence-corrected chi connectivity index (χ0v) is 13.1. The van der Waals surface area contributed by atoms with Crippen molar-refractivity contribution in [1.82, 2.24) is 10.6 Å². The van der Waals surface area contributed by atoms with Gasteiger partial charge in [0, 0.05) is 12.1 Å². The van der Waals surface area contributed by atoms with Crippen molar-refractivity contribution in [3.05, 3.63) is 75.8 Å². The summed E-state index contributed by atoms with van der Waals surface area (Å²) in [4.78, 5) is 22.1. The van der Waals surface area contributed by atoms with Crippen LogP contribution in [0.2, 0.25) is 0 Å². The highest BCUT2D eigenvalue weighted by atomic mass is 16.6. The minimum absolute atomic E-state index is 0.00497. The Labute approximate surface area is 143 Å². The van der Waals surface area contributed by atoms with E-state index in [1.807, 2.05) is 30.3 Å². The van der Waals surface area contributed by atoms with Crippen LogP contribution in [0.3, 0.4) is 0 Å². The highest BCUT2D eigenvalue weighted by Crippen LogP contribution is 2.21. The van der Waals surface area contributed by atoms with Gasteiger partial charge in [-0.15, -0.1) is 5.10 Å². The van der Waals surface area contributed by atoms with Crippen LogP contribution in [0.15, 0.2) is 64.8 Å². The first-order valence-corrected chi connectivity index (χ1v) is 7.58. The van der Waals surface area contributed by atoms with Crippen molar-refractivity contribution in [2.75, 3.05) is 0 Å². The van der Waals surface area contributed by atoms with E-state index in [1.165, 1.54) is 12.1 Å². The molecule has 1 fully saturated rings. The molecule has 0 aliphatic carbocycles. The third-order valence-corrected chi connectivity index (χ3v) is 3.63. The highest BCUT2D eigenvalue weighted by Gasteiger charge is 2.24. The van der Waals surface area contributed by atoms with Crippen molar-refractivity contribution >= 4 is 23.8 Å². The number of nitro benzene ring substituents is 1. The zero-order valence-electron chi connectivity index (χ0n) is 13.1. The molecule has 1 unspecified atom stereocenters. The molecule has 2 N–H and O–H groups in total. The average Bonchev–Trinajstić information content (AvgIpc) is 2.62. The molecule has 8 nitrogen and oxygen atoms in total. The van der Waals surface area contributed by atoms with Gasteiger partial charge in [-0.1, -0.05) is 42.5 Å². The molecule has 1 amide bonds. The molecule has 1 heterocycles. The molecular formula is C17H15N5O3. The Morgan fingerprint density at radius 2 is 1.84 bits per heavy atom. The largest absolute Gasteiger partial charge is 0.347 e. The zero-order chi connectivity index (χ0) is 17.6. The van der Waals surface area contributed by atoms with Crippen molar-refractivity contribution in [3.63, 3.8) is 0 Å². The van der Waals surface area contributed by atoms with Crippen LogP contribution in [0.1, 0.15) is 23.6 Å².